The van der Waals surface area contributed by atoms with Crippen molar-refractivity contribution in [2.75, 3.05) is 26.7 Å². The molecule has 0 radical (unpaired) electrons. The highest BCUT2D eigenvalue weighted by Gasteiger charge is 2.24. The molecule has 1 atom stereocenters. The Hall–Kier alpha value is -1.10. The van der Waals surface area contributed by atoms with Gasteiger partial charge in [0.2, 0.25) is 5.91 Å². The van der Waals surface area contributed by atoms with E-state index in [9.17, 15) is 9.59 Å². The van der Waals surface area contributed by atoms with Crippen molar-refractivity contribution in [1.29, 1.82) is 0 Å². The molecule has 1 rings (SSSR count). The average molecular weight is 256 g/mol. The molecule has 0 saturated carbocycles. The molecule has 0 aliphatic carbocycles. The van der Waals surface area contributed by atoms with Gasteiger partial charge in [0.1, 0.15) is 0 Å². The summed E-state index contributed by atoms with van der Waals surface area (Å²) in [4.78, 5) is 24.2. The Balaban J connectivity index is 2.14. The first kappa shape index (κ1) is 15.0. The number of carboxylic acids is 1. The number of amides is 1. The van der Waals surface area contributed by atoms with Crippen LogP contribution in [-0.2, 0) is 9.59 Å². The van der Waals surface area contributed by atoms with Crippen LogP contribution >= 0.6 is 0 Å². The second-order valence-electron chi connectivity index (χ2n) is 4.96. The number of piperidine rings is 1. The number of nitrogens with zero attached hydrogens (tertiary/aromatic N) is 1. The molecule has 1 amide bonds. The van der Waals surface area contributed by atoms with Gasteiger partial charge >= 0.3 is 5.97 Å². The predicted molar refractivity (Wildman–Crippen MR) is 69.3 cm³/mol. The molecule has 0 bridgehead atoms. The molecule has 1 fully saturated rings. The summed E-state index contributed by atoms with van der Waals surface area (Å²) in [7, 11) is 1.69. The summed E-state index contributed by atoms with van der Waals surface area (Å²) >= 11 is 0. The highest BCUT2D eigenvalue weighted by atomic mass is 16.4. The third-order valence-electron chi connectivity index (χ3n) is 3.49. The van der Waals surface area contributed by atoms with Crippen molar-refractivity contribution in [3.8, 4) is 0 Å². The van der Waals surface area contributed by atoms with Gasteiger partial charge in [-0.2, -0.15) is 0 Å². The fourth-order valence-electron chi connectivity index (χ4n) is 2.47. The highest BCUT2D eigenvalue weighted by molar-refractivity contribution is 5.78. The van der Waals surface area contributed by atoms with Gasteiger partial charge < -0.3 is 15.3 Å². The fourth-order valence-corrected chi connectivity index (χ4v) is 2.47. The van der Waals surface area contributed by atoms with Crippen LogP contribution < -0.4 is 5.32 Å². The van der Waals surface area contributed by atoms with E-state index in [2.05, 4.69) is 10.2 Å². The lowest BCUT2D eigenvalue weighted by molar-refractivity contribution is -0.137. The second-order valence-corrected chi connectivity index (χ2v) is 4.96. The van der Waals surface area contributed by atoms with Crippen molar-refractivity contribution >= 4 is 11.9 Å². The number of carboxylic acid groups (broad SMARTS) is 1. The number of rotatable bonds is 7. The topological polar surface area (TPSA) is 69.6 Å². The van der Waals surface area contributed by atoms with E-state index in [0.29, 0.717) is 0 Å². The summed E-state index contributed by atoms with van der Waals surface area (Å²) in [6.45, 7) is 2.89. The van der Waals surface area contributed by atoms with Crippen molar-refractivity contribution in [2.45, 2.75) is 38.5 Å². The van der Waals surface area contributed by atoms with Crippen LogP contribution in [0.25, 0.3) is 0 Å². The van der Waals surface area contributed by atoms with E-state index in [1.807, 2.05) is 0 Å². The Bertz CT molecular complexity index is 281. The molecule has 104 valence electrons. The van der Waals surface area contributed by atoms with Crippen LogP contribution in [0, 0.1) is 5.92 Å². The summed E-state index contributed by atoms with van der Waals surface area (Å²) in [6, 6.07) is 0. The molecule has 1 unspecified atom stereocenters. The van der Waals surface area contributed by atoms with Gasteiger partial charge in [0.05, 0.1) is 5.92 Å². The summed E-state index contributed by atoms with van der Waals surface area (Å²) in [5.41, 5.74) is 0. The molecule has 18 heavy (non-hydrogen) atoms. The lowest BCUT2D eigenvalue weighted by atomic mass is 9.97. The van der Waals surface area contributed by atoms with Gasteiger partial charge in [0, 0.05) is 20.0 Å². The van der Waals surface area contributed by atoms with Crippen LogP contribution in [0.3, 0.4) is 0 Å². The minimum Gasteiger partial charge on any atom is -0.481 e. The Labute approximate surface area is 109 Å². The standard InChI is InChI=1S/C13H24N2O3/c1-14-13(18)11-6-5-9-15(10-11)8-4-2-3-7-12(16)17/h11H,2-10H2,1H3,(H,14,18)(H,16,17). The second kappa shape index (κ2) is 8.08. The van der Waals surface area contributed by atoms with Crippen molar-refractivity contribution in [3.63, 3.8) is 0 Å². The average Bonchev–Trinajstić information content (AvgIpc) is 2.37. The van der Waals surface area contributed by atoms with E-state index in [1.165, 1.54) is 0 Å². The number of hydrogen-bond donors (Lipinski definition) is 2. The number of nitrogens with one attached hydrogen (secondary N) is 1. The maximum atomic E-state index is 11.6. The molecular weight excluding hydrogens is 232 g/mol. The first-order valence-corrected chi connectivity index (χ1v) is 6.79. The predicted octanol–water partition coefficient (Wildman–Crippen LogP) is 1.09. The van der Waals surface area contributed by atoms with Gasteiger partial charge in [-0.15, -0.1) is 0 Å². The summed E-state index contributed by atoms with van der Waals surface area (Å²) in [5, 5.41) is 11.2. The Morgan fingerprint density at radius 1 is 1.33 bits per heavy atom. The van der Waals surface area contributed by atoms with E-state index in [1.54, 1.807) is 7.05 Å². The SMILES string of the molecule is CNC(=O)C1CCCN(CCCCCC(=O)O)C1. The van der Waals surface area contributed by atoms with Gasteiger partial charge in [0.15, 0.2) is 0 Å². The molecule has 5 heteroatoms. The number of hydrogen-bond acceptors (Lipinski definition) is 3. The molecule has 0 spiro atoms. The fraction of sp³-hybridized carbons (Fsp3) is 0.846. The van der Waals surface area contributed by atoms with Crippen LogP contribution in [0.4, 0.5) is 0 Å². The van der Waals surface area contributed by atoms with Gasteiger partial charge in [-0.3, -0.25) is 9.59 Å². The van der Waals surface area contributed by atoms with Crippen LogP contribution in [0.15, 0.2) is 0 Å². The molecule has 0 aromatic heterocycles. The van der Waals surface area contributed by atoms with E-state index in [0.717, 1.165) is 51.7 Å². The molecule has 2 N–H and O–H groups in total. The smallest absolute Gasteiger partial charge is 0.303 e. The molecule has 0 aromatic carbocycles. The van der Waals surface area contributed by atoms with Crippen molar-refractivity contribution in [1.82, 2.24) is 10.2 Å². The monoisotopic (exact) mass is 256 g/mol. The molecule has 1 saturated heterocycles. The van der Waals surface area contributed by atoms with Gasteiger partial charge in [0.25, 0.3) is 0 Å². The summed E-state index contributed by atoms with van der Waals surface area (Å²) in [6.07, 6.45) is 5.05. The van der Waals surface area contributed by atoms with Crippen molar-refractivity contribution in [3.05, 3.63) is 0 Å². The first-order valence-electron chi connectivity index (χ1n) is 6.79. The molecule has 1 aliphatic heterocycles. The molecular formula is C13H24N2O3. The van der Waals surface area contributed by atoms with Gasteiger partial charge in [-0.25, -0.2) is 0 Å². The van der Waals surface area contributed by atoms with Gasteiger partial charge in [-0.1, -0.05) is 6.42 Å². The zero-order valence-electron chi connectivity index (χ0n) is 11.2. The minimum atomic E-state index is -0.715. The lowest BCUT2D eigenvalue weighted by Gasteiger charge is -2.31. The third-order valence-corrected chi connectivity index (χ3v) is 3.49. The number of unbranched alkanes of at least 4 members (excludes halogenated alkanes) is 2. The highest BCUT2D eigenvalue weighted by Crippen LogP contribution is 2.17. The van der Waals surface area contributed by atoms with Crippen LogP contribution in [0.1, 0.15) is 38.5 Å². The van der Waals surface area contributed by atoms with Crippen LogP contribution in [-0.4, -0.2) is 48.6 Å². The van der Waals surface area contributed by atoms with E-state index in [4.69, 9.17) is 5.11 Å². The van der Waals surface area contributed by atoms with Crippen LogP contribution in [0.2, 0.25) is 0 Å². The summed E-state index contributed by atoms with van der Waals surface area (Å²) < 4.78 is 0. The number of carbonyl (C=O) groups excluding carboxylic acids is 1. The minimum absolute atomic E-state index is 0.128. The Morgan fingerprint density at radius 2 is 2.11 bits per heavy atom. The third kappa shape index (κ3) is 5.49. The zero-order chi connectivity index (χ0) is 13.4. The quantitative estimate of drug-likeness (QED) is 0.669. The molecule has 1 heterocycles. The van der Waals surface area contributed by atoms with Crippen LogP contribution in [0.5, 0.6) is 0 Å². The molecule has 0 aromatic rings. The Morgan fingerprint density at radius 3 is 2.78 bits per heavy atom. The number of carbonyl (C=O) groups is 2. The largest absolute Gasteiger partial charge is 0.481 e. The lowest BCUT2D eigenvalue weighted by Crippen LogP contribution is -2.42. The van der Waals surface area contributed by atoms with E-state index < -0.39 is 5.97 Å². The zero-order valence-corrected chi connectivity index (χ0v) is 11.2. The van der Waals surface area contributed by atoms with Crippen molar-refractivity contribution < 1.29 is 14.7 Å². The molecule has 5 nitrogen and oxygen atoms in total. The normalized spacial score (nSPS) is 20.6. The van der Waals surface area contributed by atoms with E-state index in [-0.39, 0.29) is 18.2 Å². The summed E-state index contributed by atoms with van der Waals surface area (Å²) in [5.74, 6) is -0.444. The Kier molecular flexibility index (Phi) is 6.72. The first-order chi connectivity index (χ1) is 8.63. The van der Waals surface area contributed by atoms with Crippen molar-refractivity contribution in [2.24, 2.45) is 5.92 Å². The number of likely N-dealkylation sites (tertiary alicyclic amines) is 1. The van der Waals surface area contributed by atoms with E-state index >= 15 is 0 Å². The number of aliphatic carboxylic acids is 1. The molecule has 1 aliphatic rings. The van der Waals surface area contributed by atoms with Gasteiger partial charge in [-0.05, 0) is 38.8 Å². The maximum Gasteiger partial charge on any atom is 0.303 e. The maximum absolute atomic E-state index is 11.6.